The van der Waals surface area contributed by atoms with Crippen molar-refractivity contribution < 1.29 is 0 Å². The van der Waals surface area contributed by atoms with Crippen molar-refractivity contribution in [3.05, 3.63) is 28.6 Å². The fraction of sp³-hybridized carbons (Fsp3) is 0.200. The number of anilines is 3. The maximum atomic E-state index is 5.62. The van der Waals surface area contributed by atoms with Crippen molar-refractivity contribution in [2.75, 3.05) is 11.1 Å². The van der Waals surface area contributed by atoms with Crippen LogP contribution in [0, 0.1) is 6.92 Å². The third-order valence-electron chi connectivity index (χ3n) is 2.13. The van der Waals surface area contributed by atoms with Crippen LogP contribution in [0.25, 0.3) is 0 Å². The minimum Gasteiger partial charge on any atom is -0.397 e. The second-order valence-corrected chi connectivity index (χ2v) is 4.38. The molecule has 0 aromatic carbocycles. The van der Waals surface area contributed by atoms with Gasteiger partial charge in [0, 0.05) is 13.2 Å². The van der Waals surface area contributed by atoms with Crippen LogP contribution in [-0.2, 0) is 7.05 Å². The Kier molecular flexibility index (Phi) is 2.82. The van der Waals surface area contributed by atoms with Gasteiger partial charge in [-0.15, -0.1) is 0 Å². The number of aryl methyl sites for hydroxylation is 2. The van der Waals surface area contributed by atoms with Crippen LogP contribution < -0.4 is 11.1 Å². The molecule has 6 heteroatoms. The smallest absolute Gasteiger partial charge is 0.144 e. The molecule has 2 aromatic rings. The third kappa shape index (κ3) is 2.16. The second-order valence-electron chi connectivity index (χ2n) is 3.53. The van der Waals surface area contributed by atoms with E-state index in [0.717, 1.165) is 21.7 Å². The SMILES string of the molecule is Cc1nn(C)cc1Nc1ncc(N)cc1Br. The van der Waals surface area contributed by atoms with Crippen molar-refractivity contribution >= 4 is 33.1 Å². The van der Waals surface area contributed by atoms with E-state index in [-0.39, 0.29) is 0 Å². The lowest BCUT2D eigenvalue weighted by atomic mass is 10.3. The molecule has 3 N–H and O–H groups in total. The molecule has 0 amide bonds. The lowest BCUT2D eigenvalue weighted by Crippen LogP contribution is -1.96. The molecule has 0 aliphatic heterocycles. The van der Waals surface area contributed by atoms with Gasteiger partial charge in [0.15, 0.2) is 0 Å². The summed E-state index contributed by atoms with van der Waals surface area (Å²) >= 11 is 3.40. The van der Waals surface area contributed by atoms with Gasteiger partial charge in [-0.3, -0.25) is 4.68 Å². The molecular weight excluding hydrogens is 270 g/mol. The van der Waals surface area contributed by atoms with Crippen LogP contribution in [0.1, 0.15) is 5.69 Å². The van der Waals surface area contributed by atoms with Crippen molar-refractivity contribution in [2.45, 2.75) is 6.92 Å². The Bertz CT molecular complexity index is 520. The Morgan fingerprint density at radius 3 is 2.81 bits per heavy atom. The lowest BCUT2D eigenvalue weighted by Gasteiger charge is -2.06. The maximum absolute atomic E-state index is 5.62. The number of hydrogen-bond acceptors (Lipinski definition) is 4. The first-order chi connectivity index (χ1) is 7.56. The largest absolute Gasteiger partial charge is 0.397 e. The quantitative estimate of drug-likeness (QED) is 0.886. The van der Waals surface area contributed by atoms with Crippen LogP contribution in [0.5, 0.6) is 0 Å². The Labute approximate surface area is 102 Å². The van der Waals surface area contributed by atoms with Crippen LogP contribution in [0.3, 0.4) is 0 Å². The van der Waals surface area contributed by atoms with Gasteiger partial charge in [-0.1, -0.05) is 0 Å². The summed E-state index contributed by atoms with van der Waals surface area (Å²) in [6, 6.07) is 1.81. The van der Waals surface area contributed by atoms with Crippen molar-refractivity contribution in [2.24, 2.45) is 7.05 Å². The molecule has 5 nitrogen and oxygen atoms in total. The Morgan fingerprint density at radius 1 is 1.50 bits per heavy atom. The molecule has 0 saturated carbocycles. The van der Waals surface area contributed by atoms with Gasteiger partial charge in [0.2, 0.25) is 0 Å². The molecule has 2 aromatic heterocycles. The number of rotatable bonds is 2. The highest BCUT2D eigenvalue weighted by Crippen LogP contribution is 2.26. The minimum absolute atomic E-state index is 0.625. The molecular formula is C10H12BrN5. The zero-order chi connectivity index (χ0) is 11.7. The van der Waals surface area contributed by atoms with Gasteiger partial charge in [0.05, 0.1) is 27.7 Å². The fourth-order valence-electron chi connectivity index (χ4n) is 1.39. The third-order valence-corrected chi connectivity index (χ3v) is 2.73. The predicted octanol–water partition coefficient (Wildman–Crippen LogP) is 2.21. The van der Waals surface area contributed by atoms with Gasteiger partial charge >= 0.3 is 0 Å². The molecule has 0 unspecified atom stereocenters. The van der Waals surface area contributed by atoms with E-state index in [4.69, 9.17) is 5.73 Å². The van der Waals surface area contributed by atoms with Crippen LogP contribution in [-0.4, -0.2) is 14.8 Å². The summed E-state index contributed by atoms with van der Waals surface area (Å²) in [5, 5.41) is 7.43. The van der Waals surface area contributed by atoms with Crippen molar-refractivity contribution in [1.82, 2.24) is 14.8 Å². The first-order valence-corrected chi connectivity index (χ1v) is 5.54. The van der Waals surface area contributed by atoms with Crippen LogP contribution >= 0.6 is 15.9 Å². The first kappa shape index (κ1) is 10.9. The molecule has 0 aliphatic carbocycles. The summed E-state index contributed by atoms with van der Waals surface area (Å²) in [6.07, 6.45) is 3.51. The van der Waals surface area contributed by atoms with E-state index >= 15 is 0 Å². The van der Waals surface area contributed by atoms with Crippen molar-refractivity contribution in [3.8, 4) is 0 Å². The van der Waals surface area contributed by atoms with Gasteiger partial charge in [0.1, 0.15) is 5.82 Å². The van der Waals surface area contributed by atoms with E-state index in [2.05, 4.69) is 31.3 Å². The molecule has 2 heterocycles. The molecule has 0 aliphatic rings. The molecule has 2 rings (SSSR count). The summed E-state index contributed by atoms with van der Waals surface area (Å²) < 4.78 is 2.58. The number of halogens is 1. The summed E-state index contributed by atoms with van der Waals surface area (Å²) in [4.78, 5) is 4.20. The normalized spacial score (nSPS) is 10.4. The Balaban J connectivity index is 2.30. The van der Waals surface area contributed by atoms with Gasteiger partial charge in [-0.2, -0.15) is 5.10 Å². The Morgan fingerprint density at radius 2 is 2.25 bits per heavy atom. The number of nitrogens with one attached hydrogen (secondary N) is 1. The maximum Gasteiger partial charge on any atom is 0.144 e. The highest BCUT2D eigenvalue weighted by atomic mass is 79.9. The van der Waals surface area contributed by atoms with E-state index in [0.29, 0.717) is 5.69 Å². The van der Waals surface area contributed by atoms with Crippen molar-refractivity contribution in [1.29, 1.82) is 0 Å². The summed E-state index contributed by atoms with van der Waals surface area (Å²) in [6.45, 7) is 1.94. The molecule has 0 radical (unpaired) electrons. The number of nitrogens with zero attached hydrogens (tertiary/aromatic N) is 3. The number of pyridine rings is 1. The van der Waals surface area contributed by atoms with Gasteiger partial charge < -0.3 is 11.1 Å². The van der Waals surface area contributed by atoms with E-state index in [1.54, 1.807) is 16.9 Å². The van der Waals surface area contributed by atoms with Crippen LogP contribution in [0.2, 0.25) is 0 Å². The molecule has 0 fully saturated rings. The molecule has 0 atom stereocenters. The lowest BCUT2D eigenvalue weighted by molar-refractivity contribution is 0.756. The first-order valence-electron chi connectivity index (χ1n) is 4.74. The minimum atomic E-state index is 0.625. The van der Waals surface area contributed by atoms with Gasteiger partial charge in [0.25, 0.3) is 0 Å². The number of hydrogen-bond donors (Lipinski definition) is 2. The van der Waals surface area contributed by atoms with Crippen LogP contribution in [0.4, 0.5) is 17.2 Å². The van der Waals surface area contributed by atoms with Gasteiger partial charge in [-0.05, 0) is 28.9 Å². The average molecular weight is 282 g/mol. The monoisotopic (exact) mass is 281 g/mol. The zero-order valence-electron chi connectivity index (χ0n) is 9.03. The topological polar surface area (TPSA) is 68.8 Å². The standard InChI is InChI=1S/C10H12BrN5/c1-6-9(5-16(2)15-6)14-10-8(11)3-7(12)4-13-10/h3-5H,12H2,1-2H3,(H,13,14). The average Bonchev–Trinajstić information content (AvgIpc) is 2.50. The van der Waals surface area contributed by atoms with E-state index in [1.165, 1.54) is 0 Å². The highest BCUT2D eigenvalue weighted by molar-refractivity contribution is 9.10. The summed E-state index contributed by atoms with van der Waals surface area (Å²) in [7, 11) is 1.88. The summed E-state index contributed by atoms with van der Waals surface area (Å²) in [5.41, 5.74) is 8.10. The number of aromatic nitrogens is 3. The number of nitrogen functional groups attached to an aromatic ring is 1. The molecule has 0 saturated heterocycles. The number of nitrogens with two attached hydrogens (primary N) is 1. The van der Waals surface area contributed by atoms with Crippen molar-refractivity contribution in [3.63, 3.8) is 0 Å². The van der Waals surface area contributed by atoms with Gasteiger partial charge in [-0.25, -0.2) is 4.98 Å². The summed E-state index contributed by atoms with van der Waals surface area (Å²) in [5.74, 6) is 0.727. The van der Waals surface area contributed by atoms with Crippen LogP contribution in [0.15, 0.2) is 22.9 Å². The highest BCUT2D eigenvalue weighted by Gasteiger charge is 2.06. The molecule has 84 valence electrons. The van der Waals surface area contributed by atoms with E-state index < -0.39 is 0 Å². The predicted molar refractivity (Wildman–Crippen MR) is 67.6 cm³/mol. The molecule has 16 heavy (non-hydrogen) atoms. The molecule has 0 spiro atoms. The zero-order valence-corrected chi connectivity index (χ0v) is 10.6. The molecule has 0 bridgehead atoms. The fourth-order valence-corrected chi connectivity index (χ4v) is 1.86. The second kappa shape index (κ2) is 4.13. The van der Waals surface area contributed by atoms with E-state index in [1.807, 2.05) is 20.2 Å². The van der Waals surface area contributed by atoms with E-state index in [9.17, 15) is 0 Å². The Hall–Kier alpha value is -1.56.